The second kappa shape index (κ2) is 5.73. The predicted molar refractivity (Wildman–Crippen MR) is 80.8 cm³/mol. The first-order chi connectivity index (χ1) is 11.9. The van der Waals surface area contributed by atoms with Crippen molar-refractivity contribution in [2.45, 2.75) is 19.3 Å². The predicted octanol–water partition coefficient (Wildman–Crippen LogP) is 4.40. The number of nitrogens with zero attached hydrogens (tertiary/aromatic N) is 4. The van der Waals surface area contributed by atoms with Crippen LogP contribution in [0.5, 0.6) is 0 Å². The third-order valence-corrected chi connectivity index (χ3v) is 3.72. The topological polar surface area (TPSA) is 69.6 Å². The van der Waals surface area contributed by atoms with E-state index in [9.17, 15) is 26.3 Å². The Morgan fingerprint density at radius 2 is 1.73 bits per heavy atom. The Morgan fingerprint density at radius 3 is 2.27 bits per heavy atom. The summed E-state index contributed by atoms with van der Waals surface area (Å²) in [5, 5.41) is 2.93. The van der Waals surface area contributed by atoms with E-state index in [1.54, 1.807) is 0 Å². The molecule has 3 aromatic rings. The van der Waals surface area contributed by atoms with Gasteiger partial charge >= 0.3 is 12.4 Å². The third-order valence-electron chi connectivity index (χ3n) is 3.44. The summed E-state index contributed by atoms with van der Waals surface area (Å²) in [6, 6.07) is 1.85. The van der Waals surface area contributed by atoms with Crippen molar-refractivity contribution in [1.82, 2.24) is 19.7 Å². The number of nitrogens with two attached hydrogens (primary N) is 1. The maximum Gasteiger partial charge on any atom is 0.434 e. The molecule has 0 saturated heterocycles. The van der Waals surface area contributed by atoms with Gasteiger partial charge in [0, 0.05) is 11.9 Å². The molecule has 12 heteroatoms. The fraction of sp³-hybridized carbons (Fsp3) is 0.214. The van der Waals surface area contributed by atoms with Gasteiger partial charge in [-0.3, -0.25) is 0 Å². The molecule has 0 amide bonds. The van der Waals surface area contributed by atoms with Crippen LogP contribution in [-0.2, 0) is 12.4 Å². The van der Waals surface area contributed by atoms with Crippen LogP contribution >= 0.6 is 11.6 Å². The molecule has 0 spiro atoms. The zero-order chi connectivity index (χ0) is 19.4. The number of hydrogen-bond donors (Lipinski definition) is 1. The lowest BCUT2D eigenvalue weighted by atomic mass is 10.2. The molecular weight excluding hydrogens is 388 g/mol. The lowest BCUT2D eigenvalue weighted by Crippen LogP contribution is -2.11. The summed E-state index contributed by atoms with van der Waals surface area (Å²) >= 11 is 5.81. The molecule has 2 N–H and O–H groups in total. The molecule has 0 atom stereocenters. The molecule has 0 unspecified atom stereocenters. The van der Waals surface area contributed by atoms with E-state index in [1.165, 1.54) is 13.0 Å². The number of anilines is 1. The van der Waals surface area contributed by atoms with Gasteiger partial charge in [-0.15, -0.1) is 0 Å². The summed E-state index contributed by atoms with van der Waals surface area (Å²) < 4.78 is 78.5. The standard InChI is InChI=1S/C14H8ClF6N5/c1-5-2-8-9(10(24-5)14(19,20)21)11(22)26(25-8)12-7(15)3-6(4-23-12)13(16,17)18/h2-4H,22H2,1H3. The van der Waals surface area contributed by atoms with Gasteiger partial charge in [0.05, 0.1) is 21.5 Å². The van der Waals surface area contributed by atoms with Crippen LogP contribution in [0.1, 0.15) is 17.0 Å². The highest BCUT2D eigenvalue weighted by atomic mass is 35.5. The number of aromatic nitrogens is 4. The van der Waals surface area contributed by atoms with Gasteiger partial charge in [0.25, 0.3) is 0 Å². The number of aryl methyl sites for hydroxylation is 1. The molecule has 5 nitrogen and oxygen atoms in total. The molecule has 0 aliphatic carbocycles. The van der Waals surface area contributed by atoms with Gasteiger partial charge in [0.15, 0.2) is 11.5 Å². The Balaban J connectivity index is 2.26. The molecule has 3 heterocycles. The molecule has 0 fully saturated rings. The molecular formula is C14H8ClF6N5. The van der Waals surface area contributed by atoms with Crippen LogP contribution in [-0.4, -0.2) is 19.7 Å². The molecule has 3 rings (SSSR count). The van der Waals surface area contributed by atoms with Gasteiger partial charge < -0.3 is 5.73 Å². The van der Waals surface area contributed by atoms with Gasteiger partial charge in [-0.05, 0) is 19.1 Å². The van der Waals surface area contributed by atoms with E-state index >= 15 is 0 Å². The Morgan fingerprint density at radius 1 is 1.08 bits per heavy atom. The molecule has 0 aromatic carbocycles. The number of alkyl halides is 6. The van der Waals surface area contributed by atoms with Crippen LogP contribution in [0, 0.1) is 6.92 Å². The van der Waals surface area contributed by atoms with Crippen LogP contribution in [0.3, 0.4) is 0 Å². The molecule has 0 saturated carbocycles. The number of halogens is 7. The number of hydrogen-bond acceptors (Lipinski definition) is 4. The SMILES string of the molecule is Cc1cc2nn(-c3ncc(C(F)(F)F)cc3Cl)c(N)c2c(C(F)(F)F)n1. The van der Waals surface area contributed by atoms with Crippen molar-refractivity contribution >= 4 is 28.3 Å². The summed E-state index contributed by atoms with van der Waals surface area (Å²) in [5.74, 6) is -0.826. The second-order valence-electron chi connectivity index (χ2n) is 5.33. The summed E-state index contributed by atoms with van der Waals surface area (Å²) in [4.78, 5) is 7.00. The first kappa shape index (κ1) is 18.2. The highest BCUT2D eigenvalue weighted by molar-refractivity contribution is 6.32. The first-order valence-electron chi connectivity index (χ1n) is 6.85. The van der Waals surface area contributed by atoms with E-state index in [0.29, 0.717) is 12.3 Å². The van der Waals surface area contributed by atoms with Crippen LogP contribution in [0.25, 0.3) is 16.7 Å². The van der Waals surface area contributed by atoms with Crippen molar-refractivity contribution in [3.05, 3.63) is 40.3 Å². The fourth-order valence-electron chi connectivity index (χ4n) is 2.36. The fourth-order valence-corrected chi connectivity index (χ4v) is 2.61. The van der Waals surface area contributed by atoms with E-state index in [2.05, 4.69) is 15.1 Å². The molecule has 26 heavy (non-hydrogen) atoms. The Bertz CT molecular complexity index is 1010. The zero-order valence-electron chi connectivity index (χ0n) is 12.7. The van der Waals surface area contributed by atoms with Crippen LogP contribution < -0.4 is 5.73 Å². The molecule has 0 bridgehead atoms. The van der Waals surface area contributed by atoms with Crippen molar-refractivity contribution in [1.29, 1.82) is 0 Å². The molecule has 0 radical (unpaired) electrons. The van der Waals surface area contributed by atoms with E-state index in [4.69, 9.17) is 17.3 Å². The van der Waals surface area contributed by atoms with Crippen molar-refractivity contribution in [2.24, 2.45) is 0 Å². The third kappa shape index (κ3) is 3.02. The Kier molecular flexibility index (Phi) is 4.02. The normalized spacial score (nSPS) is 12.8. The Hall–Kier alpha value is -2.56. The minimum atomic E-state index is -4.80. The van der Waals surface area contributed by atoms with E-state index < -0.39 is 39.8 Å². The van der Waals surface area contributed by atoms with Gasteiger partial charge in [0.1, 0.15) is 5.82 Å². The summed E-state index contributed by atoms with van der Waals surface area (Å²) in [6.45, 7) is 1.34. The quantitative estimate of drug-likeness (QED) is 0.620. The van der Waals surface area contributed by atoms with Crippen molar-refractivity contribution in [2.75, 3.05) is 5.73 Å². The van der Waals surface area contributed by atoms with Crippen molar-refractivity contribution < 1.29 is 26.3 Å². The zero-order valence-corrected chi connectivity index (χ0v) is 13.5. The summed E-state index contributed by atoms with van der Waals surface area (Å²) in [5.41, 5.74) is 3.29. The Labute approximate surface area is 146 Å². The van der Waals surface area contributed by atoms with Crippen LogP contribution in [0.4, 0.5) is 32.2 Å². The van der Waals surface area contributed by atoms with E-state index in [-0.39, 0.29) is 17.0 Å². The summed E-state index contributed by atoms with van der Waals surface area (Å²) in [7, 11) is 0. The lowest BCUT2D eigenvalue weighted by Gasteiger charge is -2.10. The van der Waals surface area contributed by atoms with Crippen LogP contribution in [0.2, 0.25) is 5.02 Å². The average molecular weight is 396 g/mol. The molecule has 3 aromatic heterocycles. The van der Waals surface area contributed by atoms with E-state index in [0.717, 1.165) is 4.68 Å². The van der Waals surface area contributed by atoms with E-state index in [1.807, 2.05) is 0 Å². The largest absolute Gasteiger partial charge is 0.434 e. The number of pyridine rings is 2. The number of fused-ring (bicyclic) bond motifs is 1. The van der Waals surface area contributed by atoms with Gasteiger partial charge in [-0.1, -0.05) is 11.6 Å². The molecule has 0 aliphatic heterocycles. The van der Waals surface area contributed by atoms with Gasteiger partial charge in [-0.25, -0.2) is 9.97 Å². The van der Waals surface area contributed by atoms with Crippen molar-refractivity contribution in [3.8, 4) is 5.82 Å². The number of nitrogen functional groups attached to an aromatic ring is 1. The van der Waals surface area contributed by atoms with Crippen molar-refractivity contribution in [3.63, 3.8) is 0 Å². The monoisotopic (exact) mass is 395 g/mol. The number of rotatable bonds is 1. The smallest absolute Gasteiger partial charge is 0.383 e. The average Bonchev–Trinajstić information content (AvgIpc) is 2.81. The highest BCUT2D eigenvalue weighted by Crippen LogP contribution is 2.38. The second-order valence-corrected chi connectivity index (χ2v) is 5.74. The van der Waals surface area contributed by atoms with Crippen LogP contribution in [0.15, 0.2) is 18.3 Å². The van der Waals surface area contributed by atoms with Gasteiger partial charge in [-0.2, -0.15) is 36.1 Å². The lowest BCUT2D eigenvalue weighted by molar-refractivity contribution is -0.140. The first-order valence-corrected chi connectivity index (χ1v) is 7.23. The minimum absolute atomic E-state index is 0.0425. The molecule has 0 aliphatic rings. The maximum absolute atomic E-state index is 13.2. The molecule has 138 valence electrons. The van der Waals surface area contributed by atoms with Gasteiger partial charge in [0.2, 0.25) is 0 Å². The minimum Gasteiger partial charge on any atom is -0.383 e. The maximum atomic E-state index is 13.2. The summed E-state index contributed by atoms with van der Waals surface area (Å²) in [6.07, 6.45) is -9.00. The highest BCUT2D eigenvalue weighted by Gasteiger charge is 2.37.